The van der Waals surface area contributed by atoms with Crippen LogP contribution in [-0.2, 0) is 4.79 Å². The number of nitrogens with zero attached hydrogens (tertiary/aromatic N) is 1. The Bertz CT molecular complexity index is 339. The molecule has 1 heterocycles. The second-order valence-electron chi connectivity index (χ2n) is 3.66. The summed E-state index contributed by atoms with van der Waals surface area (Å²) in [5.41, 5.74) is 6.16. The minimum Gasteiger partial charge on any atom is -0.338 e. The lowest BCUT2D eigenvalue weighted by molar-refractivity contribution is -0.113. The van der Waals surface area contributed by atoms with E-state index in [-0.39, 0.29) is 5.91 Å². The Morgan fingerprint density at radius 1 is 1.69 bits per heavy atom. The number of nitrogens with two attached hydrogens (primary N) is 1. The van der Waals surface area contributed by atoms with Crippen LogP contribution in [0.15, 0.2) is 10.6 Å². The molecule has 1 amide bonds. The highest BCUT2D eigenvalue weighted by atomic mass is 32.2. The van der Waals surface area contributed by atoms with Crippen molar-refractivity contribution >= 4 is 23.6 Å². The molecule has 1 aromatic heterocycles. The Kier molecular flexibility index (Phi) is 5.34. The highest BCUT2D eigenvalue weighted by Gasteiger charge is 2.09. The van der Waals surface area contributed by atoms with E-state index >= 15 is 0 Å². The molecule has 0 aliphatic heterocycles. The minimum absolute atomic E-state index is 0.0927. The van der Waals surface area contributed by atoms with Gasteiger partial charge in [-0.15, -0.1) is 0 Å². The van der Waals surface area contributed by atoms with E-state index in [1.54, 1.807) is 6.07 Å². The fraction of sp³-hybridized carbons (Fsp3) is 0.600. The third kappa shape index (κ3) is 4.24. The van der Waals surface area contributed by atoms with Crippen LogP contribution < -0.4 is 11.1 Å². The lowest BCUT2D eigenvalue weighted by Gasteiger charge is -1.99. The summed E-state index contributed by atoms with van der Waals surface area (Å²) in [5.74, 6) is 1.77. The van der Waals surface area contributed by atoms with E-state index in [1.807, 2.05) is 13.8 Å². The maximum absolute atomic E-state index is 11.4. The van der Waals surface area contributed by atoms with Crippen LogP contribution in [-0.4, -0.2) is 29.1 Å². The third-order valence-electron chi connectivity index (χ3n) is 1.88. The smallest absolute Gasteiger partial charge is 0.236 e. The predicted molar refractivity (Wildman–Crippen MR) is 65.6 cm³/mol. The van der Waals surface area contributed by atoms with Crippen LogP contribution in [0, 0.1) is 0 Å². The quantitative estimate of drug-likeness (QED) is 0.739. The van der Waals surface area contributed by atoms with Crippen molar-refractivity contribution in [3.8, 4) is 0 Å². The molecule has 0 aromatic carbocycles. The van der Waals surface area contributed by atoms with Gasteiger partial charge < -0.3 is 10.3 Å². The van der Waals surface area contributed by atoms with Gasteiger partial charge >= 0.3 is 0 Å². The van der Waals surface area contributed by atoms with Crippen molar-refractivity contribution in [3.05, 3.63) is 11.8 Å². The normalized spacial score (nSPS) is 10.8. The highest BCUT2D eigenvalue weighted by Crippen LogP contribution is 2.17. The Labute approximate surface area is 99.1 Å². The monoisotopic (exact) mass is 243 g/mol. The molecule has 0 saturated heterocycles. The van der Waals surface area contributed by atoms with Crippen molar-refractivity contribution in [1.82, 2.24) is 5.16 Å². The van der Waals surface area contributed by atoms with Gasteiger partial charge in [-0.05, 0) is 5.92 Å². The number of nitrogens with one attached hydrogen (secondary N) is 1. The first-order valence-corrected chi connectivity index (χ1v) is 6.33. The van der Waals surface area contributed by atoms with Crippen molar-refractivity contribution in [3.63, 3.8) is 0 Å². The summed E-state index contributed by atoms with van der Waals surface area (Å²) in [6, 6.07) is 1.75. The second kappa shape index (κ2) is 6.55. The summed E-state index contributed by atoms with van der Waals surface area (Å²) in [6.45, 7) is 4.61. The third-order valence-corrected chi connectivity index (χ3v) is 2.87. The molecule has 0 spiro atoms. The Morgan fingerprint density at radius 2 is 2.44 bits per heavy atom. The molecule has 0 atom stereocenters. The van der Waals surface area contributed by atoms with Crippen LogP contribution in [0.5, 0.6) is 0 Å². The first kappa shape index (κ1) is 13.1. The first-order valence-electron chi connectivity index (χ1n) is 5.17. The Hall–Kier alpha value is -1.01. The predicted octanol–water partition coefficient (Wildman–Crippen LogP) is 1.43. The number of hydrogen-bond donors (Lipinski definition) is 2. The lowest BCUT2D eigenvalue weighted by Crippen LogP contribution is -2.15. The SMILES string of the molecule is CC(C)c1cc(NC(=O)CSCCN)on1. The zero-order valence-electron chi connectivity index (χ0n) is 9.53. The van der Waals surface area contributed by atoms with Crippen molar-refractivity contribution in [2.75, 3.05) is 23.4 Å². The molecule has 90 valence electrons. The number of carbonyl (C=O) groups is 1. The molecule has 0 radical (unpaired) electrons. The molecule has 16 heavy (non-hydrogen) atoms. The van der Waals surface area contributed by atoms with Gasteiger partial charge in [0.15, 0.2) is 0 Å². The van der Waals surface area contributed by atoms with E-state index in [0.29, 0.717) is 24.1 Å². The number of rotatable bonds is 6. The summed E-state index contributed by atoms with van der Waals surface area (Å²) < 4.78 is 4.99. The number of anilines is 1. The molecule has 6 heteroatoms. The largest absolute Gasteiger partial charge is 0.338 e. The number of hydrogen-bond acceptors (Lipinski definition) is 5. The van der Waals surface area contributed by atoms with Gasteiger partial charge in [0, 0.05) is 18.4 Å². The Morgan fingerprint density at radius 3 is 3.00 bits per heavy atom. The van der Waals surface area contributed by atoms with Gasteiger partial charge in [-0.2, -0.15) is 11.8 Å². The average molecular weight is 243 g/mol. The molecule has 0 aliphatic carbocycles. The van der Waals surface area contributed by atoms with E-state index in [0.717, 1.165) is 11.4 Å². The fourth-order valence-electron chi connectivity index (χ4n) is 1.04. The molecule has 0 fully saturated rings. The van der Waals surface area contributed by atoms with Crippen LogP contribution in [0.2, 0.25) is 0 Å². The number of thioether (sulfide) groups is 1. The van der Waals surface area contributed by atoms with E-state index in [4.69, 9.17) is 10.3 Å². The van der Waals surface area contributed by atoms with Gasteiger partial charge in [0.2, 0.25) is 11.8 Å². The summed E-state index contributed by atoms with van der Waals surface area (Å²) in [7, 11) is 0. The van der Waals surface area contributed by atoms with Crippen LogP contribution >= 0.6 is 11.8 Å². The first-order chi connectivity index (χ1) is 7.63. The molecule has 3 N–H and O–H groups in total. The average Bonchev–Trinajstić information content (AvgIpc) is 2.66. The minimum atomic E-state index is -0.0927. The molecule has 5 nitrogen and oxygen atoms in total. The summed E-state index contributed by atoms with van der Waals surface area (Å²) in [4.78, 5) is 11.4. The zero-order chi connectivity index (χ0) is 12.0. The molecule has 0 saturated carbocycles. The maximum Gasteiger partial charge on any atom is 0.236 e. The van der Waals surface area contributed by atoms with Crippen molar-refractivity contribution < 1.29 is 9.32 Å². The van der Waals surface area contributed by atoms with Crippen molar-refractivity contribution in [1.29, 1.82) is 0 Å². The van der Waals surface area contributed by atoms with E-state index < -0.39 is 0 Å². The lowest BCUT2D eigenvalue weighted by atomic mass is 10.1. The maximum atomic E-state index is 11.4. The van der Waals surface area contributed by atoms with Gasteiger partial charge in [-0.25, -0.2) is 0 Å². The summed E-state index contributed by atoms with van der Waals surface area (Å²) in [5, 5.41) is 6.50. The van der Waals surface area contributed by atoms with Gasteiger partial charge in [-0.1, -0.05) is 19.0 Å². The second-order valence-corrected chi connectivity index (χ2v) is 4.77. The van der Waals surface area contributed by atoms with E-state index in [9.17, 15) is 4.79 Å². The number of carbonyl (C=O) groups excluding carboxylic acids is 1. The van der Waals surface area contributed by atoms with Crippen LogP contribution in [0.4, 0.5) is 5.88 Å². The molecular weight excluding hydrogens is 226 g/mol. The zero-order valence-corrected chi connectivity index (χ0v) is 10.3. The molecule has 0 aliphatic rings. The topological polar surface area (TPSA) is 81.2 Å². The van der Waals surface area contributed by atoms with Crippen molar-refractivity contribution in [2.45, 2.75) is 19.8 Å². The van der Waals surface area contributed by atoms with E-state index in [1.165, 1.54) is 11.8 Å². The summed E-state index contributed by atoms with van der Waals surface area (Å²) in [6.07, 6.45) is 0. The van der Waals surface area contributed by atoms with Gasteiger partial charge in [0.1, 0.15) is 0 Å². The fourth-order valence-corrected chi connectivity index (χ4v) is 1.61. The van der Waals surface area contributed by atoms with Crippen molar-refractivity contribution in [2.24, 2.45) is 5.73 Å². The van der Waals surface area contributed by atoms with Crippen LogP contribution in [0.25, 0.3) is 0 Å². The standard InChI is InChI=1S/C10H17N3O2S/c1-7(2)8-5-10(15-13-8)12-9(14)6-16-4-3-11/h5,7H,3-4,6,11H2,1-2H3,(H,12,14). The molecule has 0 bridgehead atoms. The molecule has 1 rings (SSSR count). The number of amides is 1. The van der Waals surface area contributed by atoms with Gasteiger partial charge in [0.25, 0.3) is 0 Å². The molecular formula is C10H17N3O2S. The Balaban J connectivity index is 2.37. The molecule has 1 aromatic rings. The van der Waals surface area contributed by atoms with E-state index in [2.05, 4.69) is 10.5 Å². The van der Waals surface area contributed by atoms with Gasteiger partial charge in [0.05, 0.1) is 11.4 Å². The summed E-state index contributed by atoms with van der Waals surface area (Å²) >= 11 is 1.49. The van der Waals surface area contributed by atoms with Crippen LogP contribution in [0.1, 0.15) is 25.5 Å². The molecule has 0 unspecified atom stereocenters. The number of aromatic nitrogens is 1. The highest BCUT2D eigenvalue weighted by molar-refractivity contribution is 7.99. The van der Waals surface area contributed by atoms with Crippen LogP contribution in [0.3, 0.4) is 0 Å². The van der Waals surface area contributed by atoms with Gasteiger partial charge in [-0.3, -0.25) is 10.1 Å².